The number of rotatable bonds is 3. The van der Waals surface area contributed by atoms with Gasteiger partial charge in [0.2, 0.25) is 5.95 Å². The van der Waals surface area contributed by atoms with Gasteiger partial charge in [-0.2, -0.15) is 4.98 Å². The van der Waals surface area contributed by atoms with Crippen LogP contribution < -0.4 is 5.73 Å². The SMILES string of the molecule is Cn1nc(N)nc1SCc1ccccc1. The van der Waals surface area contributed by atoms with Crippen LogP contribution in [0.1, 0.15) is 5.56 Å². The minimum atomic E-state index is 0.327. The van der Waals surface area contributed by atoms with Crippen molar-refractivity contribution < 1.29 is 0 Å². The number of nitrogens with zero attached hydrogens (tertiary/aromatic N) is 3. The monoisotopic (exact) mass is 220 g/mol. The lowest BCUT2D eigenvalue weighted by Crippen LogP contribution is -1.93. The Bertz CT molecular complexity index is 438. The Kier molecular flexibility index (Phi) is 2.91. The van der Waals surface area contributed by atoms with Gasteiger partial charge in [-0.3, -0.25) is 0 Å². The Labute approximate surface area is 92.5 Å². The van der Waals surface area contributed by atoms with E-state index in [-0.39, 0.29) is 0 Å². The van der Waals surface area contributed by atoms with Crippen LogP contribution in [0.4, 0.5) is 5.95 Å². The van der Waals surface area contributed by atoms with E-state index in [0.29, 0.717) is 5.95 Å². The van der Waals surface area contributed by atoms with E-state index in [1.807, 2.05) is 25.2 Å². The van der Waals surface area contributed by atoms with E-state index in [9.17, 15) is 0 Å². The Balaban J connectivity index is 2.02. The zero-order valence-electron chi connectivity index (χ0n) is 8.42. The van der Waals surface area contributed by atoms with Gasteiger partial charge in [0.15, 0.2) is 5.16 Å². The standard InChI is InChI=1S/C10H12N4S/c1-14-10(12-9(11)13-14)15-7-8-5-3-2-4-6-8/h2-6H,7H2,1H3,(H2,11,13). The van der Waals surface area contributed by atoms with Gasteiger partial charge in [-0.05, 0) is 5.56 Å². The maximum atomic E-state index is 5.49. The molecular weight excluding hydrogens is 208 g/mol. The van der Waals surface area contributed by atoms with Crippen LogP contribution in [0.5, 0.6) is 0 Å². The van der Waals surface area contributed by atoms with Gasteiger partial charge in [0.1, 0.15) is 0 Å². The third-order valence-corrected chi connectivity index (χ3v) is 3.04. The molecule has 4 nitrogen and oxygen atoms in total. The van der Waals surface area contributed by atoms with Crippen molar-refractivity contribution in [3.8, 4) is 0 Å². The number of nitrogen functional groups attached to an aromatic ring is 1. The topological polar surface area (TPSA) is 56.7 Å². The molecular formula is C10H12N4S. The van der Waals surface area contributed by atoms with Gasteiger partial charge >= 0.3 is 0 Å². The molecule has 15 heavy (non-hydrogen) atoms. The van der Waals surface area contributed by atoms with Crippen molar-refractivity contribution in [1.82, 2.24) is 14.8 Å². The molecule has 2 rings (SSSR count). The summed E-state index contributed by atoms with van der Waals surface area (Å²) >= 11 is 1.63. The third kappa shape index (κ3) is 2.50. The van der Waals surface area contributed by atoms with Gasteiger partial charge in [-0.15, -0.1) is 5.10 Å². The Hall–Kier alpha value is -1.49. The van der Waals surface area contributed by atoms with Gasteiger partial charge in [0.05, 0.1) is 0 Å². The van der Waals surface area contributed by atoms with Crippen molar-refractivity contribution in [2.75, 3.05) is 5.73 Å². The predicted octanol–water partition coefficient (Wildman–Crippen LogP) is 1.69. The number of aromatic nitrogens is 3. The van der Waals surface area contributed by atoms with Crippen molar-refractivity contribution in [2.24, 2.45) is 7.05 Å². The fraction of sp³-hybridized carbons (Fsp3) is 0.200. The molecule has 1 heterocycles. The van der Waals surface area contributed by atoms with E-state index < -0.39 is 0 Å². The second-order valence-corrected chi connectivity index (χ2v) is 4.09. The highest BCUT2D eigenvalue weighted by molar-refractivity contribution is 7.98. The van der Waals surface area contributed by atoms with Crippen LogP contribution in [0.15, 0.2) is 35.5 Å². The lowest BCUT2D eigenvalue weighted by Gasteiger charge is -1.99. The highest BCUT2D eigenvalue weighted by Crippen LogP contribution is 2.20. The molecule has 0 aliphatic carbocycles. The van der Waals surface area contributed by atoms with Gasteiger partial charge in [-0.25, -0.2) is 4.68 Å². The highest BCUT2D eigenvalue weighted by Gasteiger charge is 2.04. The summed E-state index contributed by atoms with van der Waals surface area (Å²) in [6.45, 7) is 0. The average molecular weight is 220 g/mol. The molecule has 0 bridgehead atoms. The van der Waals surface area contributed by atoms with Gasteiger partial charge in [0, 0.05) is 12.8 Å². The molecule has 0 aliphatic rings. The number of anilines is 1. The largest absolute Gasteiger partial charge is 0.366 e. The Morgan fingerprint density at radius 1 is 1.33 bits per heavy atom. The first kappa shape index (κ1) is 10.0. The van der Waals surface area contributed by atoms with Gasteiger partial charge < -0.3 is 5.73 Å². The van der Waals surface area contributed by atoms with Crippen LogP contribution in [0.2, 0.25) is 0 Å². The predicted molar refractivity (Wildman–Crippen MR) is 61.4 cm³/mol. The maximum Gasteiger partial charge on any atom is 0.240 e. The molecule has 2 aromatic rings. The lowest BCUT2D eigenvalue weighted by molar-refractivity contribution is 0.686. The van der Waals surface area contributed by atoms with E-state index in [1.165, 1.54) is 5.56 Å². The van der Waals surface area contributed by atoms with Crippen molar-refractivity contribution in [3.05, 3.63) is 35.9 Å². The molecule has 0 spiro atoms. The number of hydrogen-bond donors (Lipinski definition) is 1. The molecule has 0 unspecified atom stereocenters. The first-order chi connectivity index (χ1) is 7.25. The Morgan fingerprint density at radius 2 is 2.07 bits per heavy atom. The highest BCUT2D eigenvalue weighted by atomic mass is 32.2. The van der Waals surface area contributed by atoms with Crippen molar-refractivity contribution in [1.29, 1.82) is 0 Å². The van der Waals surface area contributed by atoms with E-state index in [2.05, 4.69) is 22.2 Å². The first-order valence-corrected chi connectivity index (χ1v) is 5.57. The van der Waals surface area contributed by atoms with Crippen molar-refractivity contribution in [3.63, 3.8) is 0 Å². The van der Waals surface area contributed by atoms with E-state index >= 15 is 0 Å². The Morgan fingerprint density at radius 3 is 2.67 bits per heavy atom. The van der Waals surface area contributed by atoms with E-state index in [4.69, 9.17) is 5.73 Å². The van der Waals surface area contributed by atoms with E-state index in [0.717, 1.165) is 10.9 Å². The molecule has 0 saturated heterocycles. The van der Waals surface area contributed by atoms with Crippen LogP contribution in [-0.2, 0) is 12.8 Å². The minimum Gasteiger partial charge on any atom is -0.366 e. The number of thioether (sulfide) groups is 1. The molecule has 2 N–H and O–H groups in total. The zero-order chi connectivity index (χ0) is 10.7. The molecule has 0 fully saturated rings. The molecule has 5 heteroatoms. The second-order valence-electron chi connectivity index (χ2n) is 3.15. The zero-order valence-corrected chi connectivity index (χ0v) is 9.24. The average Bonchev–Trinajstić information content (AvgIpc) is 2.56. The quantitative estimate of drug-likeness (QED) is 0.800. The lowest BCUT2D eigenvalue weighted by atomic mass is 10.2. The summed E-state index contributed by atoms with van der Waals surface area (Å²) in [5.41, 5.74) is 6.76. The van der Waals surface area contributed by atoms with E-state index in [1.54, 1.807) is 16.4 Å². The van der Waals surface area contributed by atoms with Gasteiger partial charge in [-0.1, -0.05) is 42.1 Å². The fourth-order valence-electron chi connectivity index (χ4n) is 1.24. The molecule has 1 aromatic heterocycles. The molecule has 0 saturated carbocycles. The van der Waals surface area contributed by atoms with Crippen LogP contribution in [0.25, 0.3) is 0 Å². The van der Waals surface area contributed by atoms with Crippen LogP contribution >= 0.6 is 11.8 Å². The fourth-order valence-corrected chi connectivity index (χ4v) is 2.11. The van der Waals surface area contributed by atoms with Crippen molar-refractivity contribution in [2.45, 2.75) is 10.9 Å². The normalized spacial score (nSPS) is 10.5. The summed E-state index contributed by atoms with van der Waals surface area (Å²) in [6.07, 6.45) is 0. The molecule has 0 amide bonds. The molecule has 0 radical (unpaired) electrons. The molecule has 0 aliphatic heterocycles. The molecule has 0 atom stereocenters. The van der Waals surface area contributed by atoms with Crippen molar-refractivity contribution >= 4 is 17.7 Å². The smallest absolute Gasteiger partial charge is 0.240 e. The summed E-state index contributed by atoms with van der Waals surface area (Å²) in [6, 6.07) is 10.2. The first-order valence-electron chi connectivity index (χ1n) is 4.59. The molecule has 1 aromatic carbocycles. The van der Waals surface area contributed by atoms with Gasteiger partial charge in [0.25, 0.3) is 0 Å². The van der Waals surface area contributed by atoms with Crippen LogP contribution in [0.3, 0.4) is 0 Å². The summed E-state index contributed by atoms with van der Waals surface area (Å²) in [4.78, 5) is 4.12. The number of benzene rings is 1. The summed E-state index contributed by atoms with van der Waals surface area (Å²) in [5, 5.41) is 4.83. The van der Waals surface area contributed by atoms with Crippen LogP contribution in [0, 0.1) is 0 Å². The minimum absolute atomic E-state index is 0.327. The second kappa shape index (κ2) is 4.35. The number of nitrogens with two attached hydrogens (primary N) is 1. The summed E-state index contributed by atoms with van der Waals surface area (Å²) in [5.74, 6) is 1.21. The maximum absolute atomic E-state index is 5.49. The van der Waals surface area contributed by atoms with Crippen LogP contribution in [-0.4, -0.2) is 14.8 Å². The number of aryl methyl sites for hydroxylation is 1. The number of hydrogen-bond acceptors (Lipinski definition) is 4. The summed E-state index contributed by atoms with van der Waals surface area (Å²) in [7, 11) is 1.84. The molecule has 78 valence electrons. The summed E-state index contributed by atoms with van der Waals surface area (Å²) < 4.78 is 1.70. The third-order valence-electron chi connectivity index (χ3n) is 1.95.